The summed E-state index contributed by atoms with van der Waals surface area (Å²) in [6, 6.07) is 16.2. The smallest absolute Gasteiger partial charge is 0.229 e. The van der Waals surface area contributed by atoms with Gasteiger partial charge in [0, 0.05) is 34.6 Å². The van der Waals surface area contributed by atoms with E-state index >= 15 is 0 Å². The van der Waals surface area contributed by atoms with E-state index in [0.29, 0.717) is 13.0 Å². The largest absolute Gasteiger partial charge is 0.308 e. The number of hydrogen-bond acceptors (Lipinski definition) is 5. The molecular weight excluding hydrogens is 478 g/mol. The average Bonchev–Trinajstić information content (AvgIpc) is 3.05. The van der Waals surface area contributed by atoms with Gasteiger partial charge in [0.2, 0.25) is 5.91 Å². The average molecular weight is 501 g/mol. The quantitative estimate of drug-likeness (QED) is 0.380. The molecule has 0 atom stereocenters. The second kappa shape index (κ2) is 11.2. The first-order chi connectivity index (χ1) is 13.0. The molecule has 0 aliphatic carbocycles. The van der Waals surface area contributed by atoms with Crippen LogP contribution in [0.5, 0.6) is 0 Å². The predicted molar refractivity (Wildman–Crippen MR) is 127 cm³/mol. The number of likely N-dealkylation sites (N-methyl/N-ethyl adjacent to an activating group) is 1. The van der Waals surface area contributed by atoms with Gasteiger partial charge in [0.25, 0.3) is 0 Å². The molecule has 0 spiro atoms. The number of nitrogens with zero attached hydrogens (tertiary/aromatic N) is 3. The Morgan fingerprint density at radius 1 is 1.14 bits per heavy atom. The lowest BCUT2D eigenvalue weighted by Crippen LogP contribution is -2.36. The Labute approximate surface area is 188 Å². The van der Waals surface area contributed by atoms with Gasteiger partial charge < -0.3 is 4.90 Å². The Hall–Kier alpha value is -1.12. The summed E-state index contributed by atoms with van der Waals surface area (Å²) in [5.41, 5.74) is 0.930. The molecule has 0 unspecified atom stereocenters. The van der Waals surface area contributed by atoms with Crippen LogP contribution in [0.4, 0.5) is 5.13 Å². The van der Waals surface area contributed by atoms with E-state index in [0.717, 1.165) is 32.1 Å². The van der Waals surface area contributed by atoms with Crippen LogP contribution < -0.4 is 4.90 Å². The van der Waals surface area contributed by atoms with Crippen LogP contribution in [0.25, 0.3) is 10.2 Å². The highest BCUT2D eigenvalue weighted by Crippen LogP contribution is 2.31. The molecule has 4 nitrogen and oxygen atoms in total. The van der Waals surface area contributed by atoms with Gasteiger partial charge >= 0.3 is 0 Å². The zero-order valence-electron chi connectivity index (χ0n) is 15.8. The third-order valence-electron chi connectivity index (χ3n) is 3.97. The standard InChI is InChI=1S/C20H22BrN3OS2.ClH/c1-23(2)11-12-24(19(25)10-13-26-16-6-4-3-5-7-16)20-22-17-9-8-15(21)14-18(17)27-20;/h3-9,14H,10-13H2,1-2H3;1H. The maximum absolute atomic E-state index is 12.9. The molecule has 0 aliphatic heterocycles. The van der Waals surface area contributed by atoms with Crippen LogP contribution >= 0.6 is 51.4 Å². The Morgan fingerprint density at radius 2 is 1.89 bits per heavy atom. The van der Waals surface area contributed by atoms with Crippen LogP contribution in [-0.4, -0.2) is 48.7 Å². The van der Waals surface area contributed by atoms with E-state index in [-0.39, 0.29) is 18.3 Å². The van der Waals surface area contributed by atoms with E-state index in [1.807, 2.05) is 49.3 Å². The molecule has 2 aromatic carbocycles. The Kier molecular flexibility index (Phi) is 9.24. The van der Waals surface area contributed by atoms with Crippen molar-refractivity contribution in [2.45, 2.75) is 11.3 Å². The van der Waals surface area contributed by atoms with Gasteiger partial charge in [-0.25, -0.2) is 4.98 Å². The van der Waals surface area contributed by atoms with Gasteiger partial charge in [0.1, 0.15) is 0 Å². The lowest BCUT2D eigenvalue weighted by molar-refractivity contribution is -0.118. The first-order valence-corrected chi connectivity index (χ1v) is 11.3. The van der Waals surface area contributed by atoms with Crippen LogP contribution in [0.2, 0.25) is 0 Å². The third-order valence-corrected chi connectivity index (χ3v) is 6.52. The van der Waals surface area contributed by atoms with E-state index in [9.17, 15) is 4.79 Å². The van der Waals surface area contributed by atoms with Crippen molar-refractivity contribution in [2.75, 3.05) is 37.8 Å². The monoisotopic (exact) mass is 499 g/mol. The number of aromatic nitrogens is 1. The molecule has 3 rings (SSSR count). The number of carbonyl (C=O) groups is 1. The fourth-order valence-electron chi connectivity index (χ4n) is 2.54. The van der Waals surface area contributed by atoms with Crippen molar-refractivity contribution in [2.24, 2.45) is 0 Å². The fourth-order valence-corrected chi connectivity index (χ4v) is 4.96. The van der Waals surface area contributed by atoms with Gasteiger partial charge in [0.15, 0.2) is 5.13 Å². The fraction of sp³-hybridized carbons (Fsp3) is 0.300. The van der Waals surface area contributed by atoms with Crippen LogP contribution in [0.3, 0.4) is 0 Å². The van der Waals surface area contributed by atoms with E-state index < -0.39 is 0 Å². The molecule has 28 heavy (non-hydrogen) atoms. The highest BCUT2D eigenvalue weighted by molar-refractivity contribution is 9.10. The topological polar surface area (TPSA) is 36.4 Å². The molecule has 8 heteroatoms. The molecule has 0 bridgehead atoms. The van der Waals surface area contributed by atoms with Crippen LogP contribution in [0, 0.1) is 0 Å². The predicted octanol–water partition coefficient (Wildman–Crippen LogP) is 5.56. The lowest BCUT2D eigenvalue weighted by atomic mass is 10.3. The van der Waals surface area contributed by atoms with E-state index in [1.54, 1.807) is 23.1 Å². The van der Waals surface area contributed by atoms with Crippen LogP contribution in [-0.2, 0) is 4.79 Å². The van der Waals surface area contributed by atoms with Crippen molar-refractivity contribution in [3.8, 4) is 0 Å². The SMILES string of the molecule is CN(C)CCN(C(=O)CCSc1ccccc1)c1nc2ccc(Br)cc2s1.Cl. The van der Waals surface area contributed by atoms with Crippen molar-refractivity contribution in [1.29, 1.82) is 0 Å². The molecule has 0 saturated heterocycles. The zero-order valence-corrected chi connectivity index (χ0v) is 19.8. The number of thioether (sulfide) groups is 1. The highest BCUT2D eigenvalue weighted by Gasteiger charge is 2.19. The lowest BCUT2D eigenvalue weighted by Gasteiger charge is -2.22. The number of anilines is 1. The summed E-state index contributed by atoms with van der Waals surface area (Å²) in [5.74, 6) is 0.885. The Morgan fingerprint density at radius 3 is 2.61 bits per heavy atom. The van der Waals surface area contributed by atoms with Crippen molar-refractivity contribution >= 4 is 72.7 Å². The van der Waals surface area contributed by atoms with Gasteiger partial charge in [-0.1, -0.05) is 45.5 Å². The minimum absolute atomic E-state index is 0. The number of rotatable bonds is 8. The maximum Gasteiger partial charge on any atom is 0.229 e. The molecular formula is C20H23BrClN3OS2. The van der Waals surface area contributed by atoms with E-state index in [1.165, 1.54) is 4.90 Å². The number of amides is 1. The molecule has 0 N–H and O–H groups in total. The summed E-state index contributed by atoms with van der Waals surface area (Å²) in [6.45, 7) is 1.44. The minimum atomic E-state index is 0. The molecule has 150 valence electrons. The first kappa shape index (κ1) is 23.2. The maximum atomic E-state index is 12.9. The highest BCUT2D eigenvalue weighted by atomic mass is 79.9. The van der Waals surface area contributed by atoms with Crippen molar-refractivity contribution in [3.05, 3.63) is 53.0 Å². The van der Waals surface area contributed by atoms with Gasteiger partial charge in [-0.2, -0.15) is 0 Å². The van der Waals surface area contributed by atoms with E-state index in [4.69, 9.17) is 4.98 Å². The number of halogens is 2. The Bertz CT molecular complexity index is 905. The summed E-state index contributed by atoms with van der Waals surface area (Å²) in [7, 11) is 4.03. The summed E-state index contributed by atoms with van der Waals surface area (Å²) in [5, 5.41) is 0.777. The van der Waals surface area contributed by atoms with Crippen molar-refractivity contribution < 1.29 is 4.79 Å². The van der Waals surface area contributed by atoms with Crippen LogP contribution in [0.15, 0.2) is 57.9 Å². The number of fused-ring (bicyclic) bond motifs is 1. The molecule has 0 saturated carbocycles. The molecule has 1 heterocycles. The van der Waals surface area contributed by atoms with Gasteiger partial charge in [-0.05, 0) is 44.4 Å². The summed E-state index contributed by atoms with van der Waals surface area (Å²) in [6.07, 6.45) is 0.493. The second-order valence-electron chi connectivity index (χ2n) is 6.37. The second-order valence-corrected chi connectivity index (χ2v) is 9.46. The van der Waals surface area contributed by atoms with Crippen molar-refractivity contribution in [1.82, 2.24) is 9.88 Å². The summed E-state index contributed by atoms with van der Waals surface area (Å²) >= 11 is 6.78. The molecule has 0 radical (unpaired) electrons. The zero-order chi connectivity index (χ0) is 19.2. The normalized spacial score (nSPS) is 10.9. The molecule has 0 aliphatic rings. The van der Waals surface area contributed by atoms with Gasteiger partial charge in [0.05, 0.1) is 10.2 Å². The van der Waals surface area contributed by atoms with Gasteiger partial charge in [-0.15, -0.1) is 24.2 Å². The number of benzene rings is 2. The number of carbonyl (C=O) groups excluding carboxylic acids is 1. The first-order valence-electron chi connectivity index (χ1n) is 8.72. The van der Waals surface area contributed by atoms with Crippen LogP contribution in [0.1, 0.15) is 6.42 Å². The third kappa shape index (κ3) is 6.46. The number of thiazole rings is 1. The molecule has 3 aromatic rings. The Balaban J connectivity index is 0.00000280. The molecule has 0 fully saturated rings. The minimum Gasteiger partial charge on any atom is -0.308 e. The van der Waals surface area contributed by atoms with E-state index in [2.05, 4.69) is 39.0 Å². The summed E-state index contributed by atoms with van der Waals surface area (Å²) < 4.78 is 2.11. The molecule has 1 amide bonds. The van der Waals surface area contributed by atoms with Crippen molar-refractivity contribution in [3.63, 3.8) is 0 Å². The molecule has 1 aromatic heterocycles. The van der Waals surface area contributed by atoms with Gasteiger partial charge in [-0.3, -0.25) is 9.69 Å². The number of hydrogen-bond donors (Lipinski definition) is 0. The summed E-state index contributed by atoms with van der Waals surface area (Å²) in [4.78, 5) is 22.8.